The predicted octanol–water partition coefficient (Wildman–Crippen LogP) is 4.08. The highest BCUT2D eigenvalue weighted by Crippen LogP contribution is 2.27. The maximum absolute atomic E-state index is 13.0. The van der Waals surface area contributed by atoms with Crippen LogP contribution in [-0.2, 0) is 34.9 Å². The Morgan fingerprint density at radius 3 is 2.38 bits per heavy atom. The van der Waals surface area contributed by atoms with Gasteiger partial charge in [0, 0.05) is 25.2 Å². The van der Waals surface area contributed by atoms with Crippen molar-refractivity contribution in [3.05, 3.63) is 99.6 Å². The van der Waals surface area contributed by atoms with Crippen molar-refractivity contribution in [2.75, 3.05) is 33.7 Å². The number of aryl methyl sites for hydroxylation is 1. The van der Waals surface area contributed by atoms with Crippen LogP contribution in [0.25, 0.3) is 0 Å². The van der Waals surface area contributed by atoms with Crippen molar-refractivity contribution in [2.24, 2.45) is 0 Å². The van der Waals surface area contributed by atoms with Gasteiger partial charge in [0.25, 0.3) is 15.8 Å². The van der Waals surface area contributed by atoms with E-state index in [-0.39, 0.29) is 47.3 Å². The molecule has 11 nitrogen and oxygen atoms in total. The predicted molar refractivity (Wildman–Crippen MR) is 140 cm³/mol. The molecule has 3 aromatic rings. The summed E-state index contributed by atoms with van der Waals surface area (Å²) in [6.07, 6.45) is -1.55. The van der Waals surface area contributed by atoms with Crippen molar-refractivity contribution in [1.82, 2.24) is 0 Å². The van der Waals surface area contributed by atoms with Crippen molar-refractivity contribution >= 4 is 21.8 Å². The minimum absolute atomic E-state index is 0.104. The van der Waals surface area contributed by atoms with Gasteiger partial charge in [-0.25, -0.2) is 4.79 Å². The number of carbonyl (C=O) groups excluding carboxylic acids is 1. The van der Waals surface area contributed by atoms with E-state index < -0.39 is 33.7 Å². The van der Waals surface area contributed by atoms with Crippen LogP contribution in [0.3, 0.4) is 0 Å². The van der Waals surface area contributed by atoms with E-state index in [1.54, 1.807) is 49.4 Å². The number of benzene rings is 3. The highest BCUT2D eigenvalue weighted by Gasteiger charge is 2.27. The molecule has 3 aromatic carbocycles. The number of nitro groups is 1. The SMILES string of the molecule is COCCOCOc1ccc([N+](=O)[O-])c(C[C@H](COC(=O)c2ccccc2)OS(=O)(=O)c2ccc(C)cc2)c1. The second-order valence-corrected chi connectivity index (χ2v) is 9.94. The van der Waals surface area contributed by atoms with Crippen molar-refractivity contribution in [3.63, 3.8) is 0 Å². The van der Waals surface area contributed by atoms with E-state index in [0.29, 0.717) is 6.61 Å². The Morgan fingerprint density at radius 1 is 1.00 bits per heavy atom. The van der Waals surface area contributed by atoms with E-state index >= 15 is 0 Å². The molecule has 0 saturated carbocycles. The van der Waals surface area contributed by atoms with Crippen LogP contribution >= 0.6 is 0 Å². The molecule has 0 radical (unpaired) electrons. The van der Waals surface area contributed by atoms with Gasteiger partial charge >= 0.3 is 5.97 Å². The molecule has 3 rings (SSSR count). The lowest BCUT2D eigenvalue weighted by atomic mass is 10.1. The molecule has 0 aliphatic heterocycles. The van der Waals surface area contributed by atoms with Crippen LogP contribution in [-0.4, -0.2) is 59.1 Å². The molecule has 0 fully saturated rings. The van der Waals surface area contributed by atoms with Gasteiger partial charge in [-0.2, -0.15) is 8.42 Å². The first-order chi connectivity index (χ1) is 18.7. The molecule has 0 unspecified atom stereocenters. The summed E-state index contributed by atoms with van der Waals surface area (Å²) in [6, 6.07) is 18.2. The maximum atomic E-state index is 13.0. The average molecular weight is 560 g/mol. The third-order valence-electron chi connectivity index (χ3n) is 5.42. The molecule has 39 heavy (non-hydrogen) atoms. The Balaban J connectivity index is 1.84. The summed E-state index contributed by atoms with van der Waals surface area (Å²) in [7, 11) is -2.77. The monoisotopic (exact) mass is 559 g/mol. The second-order valence-electron chi connectivity index (χ2n) is 8.36. The Hall–Kier alpha value is -3.84. The first-order valence-corrected chi connectivity index (χ1v) is 13.3. The summed E-state index contributed by atoms with van der Waals surface area (Å²) in [4.78, 5) is 23.5. The minimum atomic E-state index is -4.30. The molecule has 208 valence electrons. The highest BCUT2D eigenvalue weighted by molar-refractivity contribution is 7.86. The fourth-order valence-electron chi connectivity index (χ4n) is 3.44. The smallest absolute Gasteiger partial charge is 0.338 e. The molecule has 0 aromatic heterocycles. The van der Waals surface area contributed by atoms with Crippen molar-refractivity contribution < 1.29 is 41.3 Å². The van der Waals surface area contributed by atoms with Crippen molar-refractivity contribution in [2.45, 2.75) is 24.3 Å². The van der Waals surface area contributed by atoms with Crippen LogP contribution in [0.5, 0.6) is 5.75 Å². The molecule has 0 saturated heterocycles. The van der Waals surface area contributed by atoms with E-state index in [1.807, 2.05) is 0 Å². The van der Waals surface area contributed by atoms with Gasteiger partial charge in [-0.1, -0.05) is 35.9 Å². The lowest BCUT2D eigenvalue weighted by Crippen LogP contribution is -2.28. The minimum Gasteiger partial charge on any atom is -0.468 e. The number of nitro benzene ring substituents is 1. The quantitative estimate of drug-likeness (QED) is 0.0668. The topological polar surface area (TPSA) is 140 Å². The largest absolute Gasteiger partial charge is 0.468 e. The van der Waals surface area contributed by atoms with Gasteiger partial charge in [0.05, 0.1) is 28.6 Å². The Labute approximate surface area is 226 Å². The number of hydrogen-bond acceptors (Lipinski definition) is 10. The van der Waals surface area contributed by atoms with Crippen LogP contribution in [0, 0.1) is 17.0 Å². The maximum Gasteiger partial charge on any atom is 0.338 e. The molecule has 0 N–H and O–H groups in total. The third kappa shape index (κ3) is 9.14. The van der Waals surface area contributed by atoms with Gasteiger partial charge in [0.1, 0.15) is 18.5 Å². The molecule has 0 bridgehead atoms. The van der Waals surface area contributed by atoms with Gasteiger partial charge in [0.15, 0.2) is 6.79 Å². The summed E-state index contributed by atoms with van der Waals surface area (Å²) >= 11 is 0. The first kappa shape index (κ1) is 29.7. The van der Waals surface area contributed by atoms with Gasteiger partial charge in [-0.3, -0.25) is 14.3 Å². The Bertz CT molecular complexity index is 1340. The van der Waals surface area contributed by atoms with Crippen LogP contribution < -0.4 is 4.74 Å². The van der Waals surface area contributed by atoms with Crippen LogP contribution in [0.4, 0.5) is 5.69 Å². The second kappa shape index (κ2) is 14.4. The third-order valence-corrected chi connectivity index (χ3v) is 6.79. The van der Waals surface area contributed by atoms with Gasteiger partial charge in [-0.05, 0) is 43.3 Å². The fourth-order valence-corrected chi connectivity index (χ4v) is 4.50. The van der Waals surface area contributed by atoms with Gasteiger partial charge in [0.2, 0.25) is 0 Å². The Morgan fingerprint density at radius 2 is 1.72 bits per heavy atom. The normalized spacial score (nSPS) is 12.1. The zero-order valence-corrected chi connectivity index (χ0v) is 22.3. The number of ether oxygens (including phenoxy) is 4. The highest BCUT2D eigenvalue weighted by atomic mass is 32.2. The first-order valence-electron chi connectivity index (χ1n) is 11.9. The number of rotatable bonds is 15. The fraction of sp³-hybridized carbons (Fsp3) is 0.296. The summed E-state index contributed by atoms with van der Waals surface area (Å²) in [5.41, 5.74) is 0.945. The van der Waals surface area contributed by atoms with Gasteiger partial charge < -0.3 is 18.9 Å². The average Bonchev–Trinajstić information content (AvgIpc) is 2.92. The molecule has 0 aliphatic carbocycles. The number of carbonyl (C=O) groups is 1. The Kier molecular flexibility index (Phi) is 10.9. The van der Waals surface area contributed by atoms with E-state index in [4.69, 9.17) is 23.1 Å². The van der Waals surface area contributed by atoms with E-state index in [9.17, 15) is 23.3 Å². The molecular formula is C27H29NO10S. The molecular weight excluding hydrogens is 530 g/mol. The molecule has 0 spiro atoms. The summed E-state index contributed by atoms with van der Waals surface area (Å²) in [5, 5.41) is 11.7. The lowest BCUT2D eigenvalue weighted by Gasteiger charge is -2.18. The van der Waals surface area contributed by atoms with E-state index in [0.717, 1.165) is 5.56 Å². The molecule has 12 heteroatoms. The number of esters is 1. The standard InChI is InChI=1S/C27H29NO10S/c1-20-8-11-25(12-9-20)39(32,33)38-24(18-36-27(29)21-6-4-3-5-7-21)17-22-16-23(10-13-26(22)28(30)31)37-19-35-15-14-34-2/h3-13,16,24H,14-15,17-19H2,1-2H3/t24-/m1/s1. The van der Waals surface area contributed by atoms with E-state index in [2.05, 4.69) is 0 Å². The van der Waals surface area contributed by atoms with Crippen LogP contribution in [0.2, 0.25) is 0 Å². The molecule has 1 atom stereocenters. The summed E-state index contributed by atoms with van der Waals surface area (Å²) < 4.78 is 52.5. The number of nitrogens with zero attached hydrogens (tertiary/aromatic N) is 1. The number of hydrogen-bond donors (Lipinski definition) is 0. The lowest BCUT2D eigenvalue weighted by molar-refractivity contribution is -0.385. The molecule has 0 heterocycles. The van der Waals surface area contributed by atoms with Crippen LogP contribution in [0.1, 0.15) is 21.5 Å². The van der Waals surface area contributed by atoms with Crippen molar-refractivity contribution in [1.29, 1.82) is 0 Å². The van der Waals surface area contributed by atoms with Gasteiger partial charge in [-0.15, -0.1) is 0 Å². The summed E-state index contributed by atoms with van der Waals surface area (Å²) in [5.74, 6) is -0.439. The zero-order valence-electron chi connectivity index (χ0n) is 21.5. The molecule has 0 amide bonds. The van der Waals surface area contributed by atoms with E-state index in [1.165, 1.54) is 37.4 Å². The van der Waals surface area contributed by atoms with Crippen LogP contribution in [0.15, 0.2) is 77.7 Å². The zero-order chi connectivity index (χ0) is 28.3. The van der Waals surface area contributed by atoms with Crippen molar-refractivity contribution in [3.8, 4) is 5.75 Å². The molecule has 0 aliphatic rings. The number of methoxy groups -OCH3 is 1. The summed E-state index contributed by atoms with van der Waals surface area (Å²) in [6.45, 7) is 1.85.